The number of rotatable bonds is 13. The minimum absolute atomic E-state index is 0.0872. The Kier molecular flexibility index (Phi) is 11.0. The molecule has 0 unspecified atom stereocenters. The summed E-state index contributed by atoms with van der Waals surface area (Å²) in [5.41, 5.74) is 7.63. The third kappa shape index (κ3) is 7.68. The van der Waals surface area contributed by atoms with Crippen LogP contribution >= 0.6 is 23.2 Å². The summed E-state index contributed by atoms with van der Waals surface area (Å²) < 4.78 is 17.8. The number of aryl methyl sites for hydroxylation is 1. The normalized spacial score (nSPS) is 21.1. The van der Waals surface area contributed by atoms with Gasteiger partial charge in [-0.1, -0.05) is 65.7 Å². The summed E-state index contributed by atoms with van der Waals surface area (Å²) in [7, 11) is 3.23. The number of fused-ring (bicyclic) bond motifs is 1. The SMILES string of the molecule is COc1nc(-c2cccc(-c3cccc4c3CC[C@@H]4Oc3nc(OC)c(CCC[C@@H]4CCC(=O)N4)cc3Cl)c2Cl)ccc1CN[C@@H]1CCC[C@@H]1O. The van der Waals surface area contributed by atoms with Crippen molar-refractivity contribution in [2.45, 2.75) is 95.0 Å². The molecule has 0 spiro atoms. The molecule has 268 valence electrons. The second-order valence-electron chi connectivity index (χ2n) is 13.7. The number of carbonyl (C=O) groups excluding carboxylic acids is 1. The highest BCUT2D eigenvalue weighted by atomic mass is 35.5. The number of nitrogens with zero attached hydrogens (tertiary/aromatic N) is 2. The maximum Gasteiger partial charge on any atom is 0.236 e. The Bertz CT molecular complexity index is 1910. The molecule has 2 fully saturated rings. The number of benzene rings is 2. The van der Waals surface area contributed by atoms with Crippen molar-refractivity contribution in [2.24, 2.45) is 0 Å². The van der Waals surface area contributed by atoms with Crippen LogP contribution in [0.15, 0.2) is 54.6 Å². The van der Waals surface area contributed by atoms with Gasteiger partial charge in [-0.3, -0.25) is 4.79 Å². The van der Waals surface area contributed by atoms with E-state index in [1.54, 1.807) is 14.2 Å². The Morgan fingerprint density at radius 1 is 0.882 bits per heavy atom. The summed E-state index contributed by atoms with van der Waals surface area (Å²) in [6.45, 7) is 0.561. The van der Waals surface area contributed by atoms with Gasteiger partial charge in [-0.25, -0.2) is 4.98 Å². The van der Waals surface area contributed by atoms with E-state index in [-0.39, 0.29) is 30.2 Å². The van der Waals surface area contributed by atoms with Gasteiger partial charge >= 0.3 is 0 Å². The second-order valence-corrected chi connectivity index (χ2v) is 14.5. The number of aliphatic hydroxyl groups is 1. The number of aromatic nitrogens is 2. The first-order chi connectivity index (χ1) is 24.8. The van der Waals surface area contributed by atoms with Gasteiger partial charge in [0.05, 0.1) is 31.0 Å². The summed E-state index contributed by atoms with van der Waals surface area (Å²) >= 11 is 13.9. The molecular weight excluding hydrogens is 687 g/mol. The molecule has 51 heavy (non-hydrogen) atoms. The molecule has 7 rings (SSSR count). The molecule has 4 atom stereocenters. The fourth-order valence-electron chi connectivity index (χ4n) is 7.78. The lowest BCUT2D eigenvalue weighted by molar-refractivity contribution is -0.119. The number of aliphatic hydroxyl groups excluding tert-OH is 1. The van der Waals surface area contributed by atoms with E-state index in [0.29, 0.717) is 40.7 Å². The fourth-order valence-corrected chi connectivity index (χ4v) is 8.32. The lowest BCUT2D eigenvalue weighted by atomic mass is 9.94. The molecule has 2 aromatic heterocycles. The number of methoxy groups -OCH3 is 2. The molecule has 0 radical (unpaired) electrons. The van der Waals surface area contributed by atoms with Crippen LogP contribution in [-0.4, -0.2) is 53.4 Å². The summed E-state index contributed by atoms with van der Waals surface area (Å²) in [5.74, 6) is 1.52. The van der Waals surface area contributed by atoms with E-state index in [0.717, 1.165) is 96.9 Å². The third-order valence-corrected chi connectivity index (χ3v) is 11.1. The molecule has 3 N–H and O–H groups in total. The molecule has 1 aliphatic heterocycles. The minimum Gasteiger partial charge on any atom is -0.481 e. The number of nitrogens with one attached hydrogen (secondary N) is 2. The average Bonchev–Trinajstić information content (AvgIpc) is 3.88. The average molecular weight is 732 g/mol. The van der Waals surface area contributed by atoms with E-state index in [1.807, 2.05) is 42.5 Å². The van der Waals surface area contributed by atoms with Crippen molar-refractivity contribution in [3.8, 4) is 40.0 Å². The van der Waals surface area contributed by atoms with Crippen LogP contribution in [0.1, 0.15) is 79.7 Å². The Morgan fingerprint density at radius 3 is 2.43 bits per heavy atom. The van der Waals surface area contributed by atoms with Gasteiger partial charge in [0.1, 0.15) is 11.1 Å². The quantitative estimate of drug-likeness (QED) is 0.128. The molecular formula is C40H44Cl2N4O5. The van der Waals surface area contributed by atoms with Gasteiger partial charge in [0.2, 0.25) is 23.5 Å². The van der Waals surface area contributed by atoms with Crippen molar-refractivity contribution in [1.82, 2.24) is 20.6 Å². The second kappa shape index (κ2) is 15.8. The molecule has 2 aromatic carbocycles. The highest BCUT2D eigenvalue weighted by Crippen LogP contribution is 2.45. The fraction of sp³-hybridized carbons (Fsp3) is 0.425. The molecule has 3 heterocycles. The lowest BCUT2D eigenvalue weighted by Crippen LogP contribution is -2.35. The van der Waals surface area contributed by atoms with Crippen molar-refractivity contribution >= 4 is 29.1 Å². The smallest absolute Gasteiger partial charge is 0.236 e. The molecule has 2 aliphatic carbocycles. The van der Waals surface area contributed by atoms with Crippen LogP contribution in [0.2, 0.25) is 10.0 Å². The molecule has 3 aliphatic rings. The topological polar surface area (TPSA) is 115 Å². The highest BCUT2D eigenvalue weighted by Gasteiger charge is 2.30. The largest absolute Gasteiger partial charge is 0.481 e. The summed E-state index contributed by atoms with van der Waals surface area (Å²) in [4.78, 5) is 21.1. The highest BCUT2D eigenvalue weighted by molar-refractivity contribution is 6.36. The number of amides is 1. The zero-order valence-electron chi connectivity index (χ0n) is 29.0. The van der Waals surface area contributed by atoms with Crippen LogP contribution in [0.5, 0.6) is 17.6 Å². The van der Waals surface area contributed by atoms with E-state index >= 15 is 0 Å². The van der Waals surface area contributed by atoms with Gasteiger partial charge in [-0.15, -0.1) is 0 Å². The standard InChI is InChI=1S/C40H44Cl2N4O5/c1-49-38-23(7-3-8-25-16-20-36(48)44-25)21-31(41)40(46-38)51-35-19-17-27-26(9-4-10-28(27)35)29-11-5-12-30(37(29)42)32-18-15-24(39(45-32)50-2)22-43-33-13-6-14-34(33)47/h4-5,9-12,15,18,21,25,33-35,43,47H,3,6-8,13-14,16-17,19-20,22H2,1-2H3,(H,44,48)/t25-,33-,34+,35+/m1/s1. The zero-order valence-corrected chi connectivity index (χ0v) is 30.5. The number of ether oxygens (including phenoxy) is 3. The van der Waals surface area contributed by atoms with Gasteiger partial charge < -0.3 is 30.0 Å². The molecule has 1 amide bonds. The zero-order chi connectivity index (χ0) is 35.5. The Balaban J connectivity index is 1.08. The number of hydrogen-bond acceptors (Lipinski definition) is 8. The monoisotopic (exact) mass is 730 g/mol. The minimum atomic E-state index is -0.314. The molecule has 4 aromatic rings. The molecule has 9 nitrogen and oxygen atoms in total. The number of carbonyl (C=O) groups is 1. The first-order valence-corrected chi connectivity index (χ1v) is 18.6. The van der Waals surface area contributed by atoms with Crippen LogP contribution in [0.3, 0.4) is 0 Å². The van der Waals surface area contributed by atoms with Crippen LogP contribution < -0.4 is 24.8 Å². The first kappa shape index (κ1) is 35.5. The van der Waals surface area contributed by atoms with Gasteiger partial charge in [0, 0.05) is 47.3 Å². The lowest BCUT2D eigenvalue weighted by Gasteiger charge is -2.19. The molecule has 1 saturated carbocycles. The predicted octanol–water partition coefficient (Wildman–Crippen LogP) is 7.81. The van der Waals surface area contributed by atoms with Crippen molar-refractivity contribution in [2.75, 3.05) is 14.2 Å². The summed E-state index contributed by atoms with van der Waals surface area (Å²) in [6, 6.07) is 18.5. The maximum atomic E-state index is 11.6. The van der Waals surface area contributed by atoms with Gasteiger partial charge in [-0.2, -0.15) is 4.98 Å². The molecule has 1 saturated heterocycles. The van der Waals surface area contributed by atoms with Crippen LogP contribution in [-0.2, 0) is 24.2 Å². The Hall–Kier alpha value is -3.89. The van der Waals surface area contributed by atoms with E-state index in [4.69, 9.17) is 42.4 Å². The van der Waals surface area contributed by atoms with Crippen molar-refractivity contribution in [1.29, 1.82) is 0 Å². The van der Waals surface area contributed by atoms with Crippen molar-refractivity contribution < 1.29 is 24.1 Å². The van der Waals surface area contributed by atoms with Crippen molar-refractivity contribution in [3.63, 3.8) is 0 Å². The van der Waals surface area contributed by atoms with E-state index < -0.39 is 0 Å². The summed E-state index contributed by atoms with van der Waals surface area (Å²) in [5, 5.41) is 17.8. The first-order valence-electron chi connectivity index (χ1n) is 17.9. The predicted molar refractivity (Wildman–Crippen MR) is 199 cm³/mol. The third-order valence-electron chi connectivity index (χ3n) is 10.5. The summed E-state index contributed by atoms with van der Waals surface area (Å²) in [6.07, 6.45) is 7.88. The van der Waals surface area contributed by atoms with Gasteiger partial charge in [0.15, 0.2) is 0 Å². The van der Waals surface area contributed by atoms with Gasteiger partial charge in [0.25, 0.3) is 0 Å². The van der Waals surface area contributed by atoms with Crippen LogP contribution in [0.25, 0.3) is 22.4 Å². The Labute approximate surface area is 309 Å². The van der Waals surface area contributed by atoms with Crippen LogP contribution in [0, 0.1) is 0 Å². The van der Waals surface area contributed by atoms with Gasteiger partial charge in [-0.05, 0) is 86.6 Å². The van der Waals surface area contributed by atoms with E-state index in [1.165, 1.54) is 5.56 Å². The van der Waals surface area contributed by atoms with E-state index in [2.05, 4.69) is 27.8 Å². The number of hydrogen-bond donors (Lipinski definition) is 3. The Morgan fingerprint density at radius 2 is 1.67 bits per heavy atom. The number of halogens is 2. The molecule has 0 bridgehead atoms. The van der Waals surface area contributed by atoms with E-state index in [9.17, 15) is 9.90 Å². The maximum absolute atomic E-state index is 11.6. The molecule has 11 heteroatoms. The van der Waals surface area contributed by atoms with Crippen LogP contribution in [0.4, 0.5) is 0 Å². The van der Waals surface area contributed by atoms with Crippen molar-refractivity contribution in [3.05, 3.63) is 86.9 Å². The number of pyridine rings is 2.